The number of rotatable bonds is 5. The number of likely N-dealkylation sites (N-methyl/N-ethyl adjacent to an activating group) is 1. The zero-order chi connectivity index (χ0) is 22.6. The van der Waals surface area contributed by atoms with E-state index in [1.807, 2.05) is 11.9 Å². The third kappa shape index (κ3) is 5.91. The molecule has 1 atom stereocenters. The molecule has 1 aromatic carbocycles. The van der Waals surface area contributed by atoms with Crippen molar-refractivity contribution in [3.8, 4) is 0 Å². The maximum atomic E-state index is 12.7. The lowest BCUT2D eigenvalue weighted by molar-refractivity contribution is -0.138. The average Bonchev–Trinajstić information content (AvgIpc) is 3.16. The van der Waals surface area contributed by atoms with E-state index >= 15 is 0 Å². The Hall–Kier alpha value is -3.21. The van der Waals surface area contributed by atoms with Gasteiger partial charge in [-0.15, -0.1) is 10.2 Å². The summed E-state index contributed by atoms with van der Waals surface area (Å²) >= 11 is 0. The maximum absolute atomic E-state index is 12.7. The van der Waals surface area contributed by atoms with Crippen molar-refractivity contribution in [1.82, 2.24) is 25.3 Å². The van der Waals surface area contributed by atoms with Gasteiger partial charge in [-0.2, -0.15) is 13.2 Å². The Morgan fingerprint density at radius 2 is 1.94 bits per heavy atom. The van der Waals surface area contributed by atoms with Gasteiger partial charge in [0.2, 0.25) is 23.6 Å². The minimum Gasteiger partial charge on any atom is -0.423 e. The average molecular weight is 437 g/mol. The Balaban J connectivity index is 1.56. The van der Waals surface area contributed by atoms with Crippen LogP contribution in [0.1, 0.15) is 29.0 Å². The first-order chi connectivity index (χ1) is 14.6. The molecule has 2 heterocycles. The van der Waals surface area contributed by atoms with Gasteiger partial charge in [0.05, 0.1) is 12.1 Å². The van der Waals surface area contributed by atoms with E-state index in [1.54, 1.807) is 11.8 Å². The molecule has 0 spiro atoms. The number of hydrogen-bond acceptors (Lipinski definition) is 6. The summed E-state index contributed by atoms with van der Waals surface area (Å²) in [5.41, 5.74) is -0.335. The van der Waals surface area contributed by atoms with Gasteiger partial charge in [-0.05, 0) is 30.8 Å². The molecule has 166 valence electrons. The van der Waals surface area contributed by atoms with Crippen LogP contribution in [0.25, 0.3) is 6.08 Å². The van der Waals surface area contributed by atoms with Gasteiger partial charge in [0.1, 0.15) is 6.04 Å². The summed E-state index contributed by atoms with van der Waals surface area (Å²) in [7, 11) is 1.92. The number of aryl methyl sites for hydroxylation is 1. The first-order valence-corrected chi connectivity index (χ1v) is 9.54. The molecule has 0 radical (unpaired) electrons. The number of aromatic nitrogens is 2. The molecule has 31 heavy (non-hydrogen) atoms. The lowest BCUT2D eigenvalue weighted by Gasteiger charge is -2.38. The van der Waals surface area contributed by atoms with Crippen molar-refractivity contribution in [2.45, 2.75) is 19.1 Å². The number of alkyl halides is 3. The van der Waals surface area contributed by atoms with E-state index in [9.17, 15) is 22.8 Å². The fourth-order valence-corrected chi connectivity index (χ4v) is 3.15. The summed E-state index contributed by atoms with van der Waals surface area (Å²) < 4.78 is 43.2. The second-order valence-electron chi connectivity index (χ2n) is 7.20. The van der Waals surface area contributed by atoms with Crippen molar-refractivity contribution in [3.63, 3.8) is 0 Å². The fraction of sp³-hybridized carbons (Fsp3) is 0.400. The minimum atomic E-state index is -4.42. The standard InChI is InChI=1S/C20H22F3N5O3/c1-13-25-26-19(31-13)16-12-27(2)9-10-28(16)18(30)11-24-17(29)8-5-14-3-6-15(7-4-14)20(21,22)23/h3-8,16H,9-12H2,1-2H3,(H,24,29)/b8-5+. The van der Waals surface area contributed by atoms with E-state index in [1.165, 1.54) is 24.3 Å². The van der Waals surface area contributed by atoms with Gasteiger partial charge in [0.25, 0.3) is 0 Å². The van der Waals surface area contributed by atoms with Crippen molar-refractivity contribution in [2.75, 3.05) is 33.2 Å². The molecule has 1 saturated heterocycles. The van der Waals surface area contributed by atoms with Crippen LogP contribution < -0.4 is 5.32 Å². The topological polar surface area (TPSA) is 91.6 Å². The lowest BCUT2D eigenvalue weighted by Crippen LogP contribution is -2.51. The molecule has 3 rings (SSSR count). The number of hydrogen-bond donors (Lipinski definition) is 1. The molecule has 1 fully saturated rings. The molecular weight excluding hydrogens is 415 g/mol. The van der Waals surface area contributed by atoms with Crippen LogP contribution in [-0.4, -0.2) is 65.0 Å². The summed E-state index contributed by atoms with van der Waals surface area (Å²) in [5.74, 6) is -0.0962. The van der Waals surface area contributed by atoms with E-state index in [-0.39, 0.29) is 12.5 Å². The summed E-state index contributed by atoms with van der Waals surface area (Å²) in [6, 6.07) is 3.99. The van der Waals surface area contributed by atoms with E-state index in [0.29, 0.717) is 37.0 Å². The van der Waals surface area contributed by atoms with Crippen molar-refractivity contribution < 1.29 is 27.2 Å². The number of piperazine rings is 1. The Kier molecular flexibility index (Phi) is 6.74. The largest absolute Gasteiger partial charge is 0.423 e. The normalized spacial score (nSPS) is 17.8. The molecule has 1 aromatic heterocycles. The minimum absolute atomic E-state index is 0.233. The van der Waals surface area contributed by atoms with Crippen LogP contribution in [0.5, 0.6) is 0 Å². The number of nitrogens with one attached hydrogen (secondary N) is 1. The fourth-order valence-electron chi connectivity index (χ4n) is 3.15. The van der Waals surface area contributed by atoms with E-state index in [4.69, 9.17) is 4.42 Å². The van der Waals surface area contributed by atoms with Crippen molar-refractivity contribution in [3.05, 3.63) is 53.2 Å². The number of nitrogens with zero attached hydrogens (tertiary/aromatic N) is 4. The molecule has 1 aliphatic rings. The van der Waals surface area contributed by atoms with Crippen LogP contribution in [0, 0.1) is 6.92 Å². The lowest BCUT2D eigenvalue weighted by atomic mass is 10.1. The Bertz CT molecular complexity index is 956. The molecule has 11 heteroatoms. The van der Waals surface area contributed by atoms with Gasteiger partial charge in [-0.25, -0.2) is 0 Å². The Morgan fingerprint density at radius 1 is 1.23 bits per heavy atom. The zero-order valence-corrected chi connectivity index (χ0v) is 17.0. The molecule has 2 aromatic rings. The van der Waals surface area contributed by atoms with Crippen LogP contribution in [-0.2, 0) is 15.8 Å². The molecule has 0 bridgehead atoms. The molecule has 0 saturated carbocycles. The molecule has 1 aliphatic heterocycles. The van der Waals surface area contributed by atoms with Crippen molar-refractivity contribution in [2.24, 2.45) is 0 Å². The van der Waals surface area contributed by atoms with Crippen LogP contribution in [0.4, 0.5) is 13.2 Å². The van der Waals surface area contributed by atoms with Gasteiger partial charge in [0.15, 0.2) is 0 Å². The highest BCUT2D eigenvalue weighted by molar-refractivity contribution is 5.94. The van der Waals surface area contributed by atoms with Gasteiger partial charge in [-0.1, -0.05) is 12.1 Å². The summed E-state index contributed by atoms with van der Waals surface area (Å²) in [6.07, 6.45) is -1.88. The van der Waals surface area contributed by atoms with Crippen LogP contribution in [0.2, 0.25) is 0 Å². The molecule has 2 amide bonds. The number of carbonyl (C=O) groups excluding carboxylic acids is 2. The van der Waals surface area contributed by atoms with E-state index in [0.717, 1.165) is 12.1 Å². The highest BCUT2D eigenvalue weighted by Crippen LogP contribution is 2.29. The number of amides is 2. The second-order valence-corrected chi connectivity index (χ2v) is 7.20. The van der Waals surface area contributed by atoms with Crippen LogP contribution in [0.3, 0.4) is 0 Å². The monoisotopic (exact) mass is 437 g/mol. The Morgan fingerprint density at radius 3 is 2.55 bits per heavy atom. The number of carbonyl (C=O) groups is 2. The first kappa shape index (κ1) is 22.5. The molecule has 8 nitrogen and oxygen atoms in total. The third-order valence-electron chi connectivity index (χ3n) is 4.81. The van der Waals surface area contributed by atoms with Gasteiger partial charge < -0.3 is 19.5 Å². The van der Waals surface area contributed by atoms with Gasteiger partial charge in [-0.3, -0.25) is 9.59 Å². The smallest absolute Gasteiger partial charge is 0.416 e. The third-order valence-corrected chi connectivity index (χ3v) is 4.81. The number of benzene rings is 1. The van der Waals surface area contributed by atoms with E-state index in [2.05, 4.69) is 15.5 Å². The predicted molar refractivity (Wildman–Crippen MR) is 104 cm³/mol. The van der Waals surface area contributed by atoms with E-state index < -0.39 is 23.7 Å². The van der Waals surface area contributed by atoms with Gasteiger partial charge in [0, 0.05) is 32.6 Å². The van der Waals surface area contributed by atoms with Crippen molar-refractivity contribution in [1.29, 1.82) is 0 Å². The predicted octanol–water partition coefficient (Wildman–Crippen LogP) is 2.04. The quantitative estimate of drug-likeness (QED) is 0.720. The molecule has 1 unspecified atom stereocenters. The summed E-state index contributed by atoms with van der Waals surface area (Å²) in [6.45, 7) is 3.06. The molecule has 0 aliphatic carbocycles. The van der Waals surface area contributed by atoms with Crippen molar-refractivity contribution >= 4 is 17.9 Å². The summed E-state index contributed by atoms with van der Waals surface area (Å²) in [5, 5.41) is 10.3. The molecular formula is C20H22F3N5O3. The second kappa shape index (κ2) is 9.29. The highest BCUT2D eigenvalue weighted by atomic mass is 19.4. The van der Waals surface area contributed by atoms with Crippen LogP contribution >= 0.6 is 0 Å². The zero-order valence-electron chi connectivity index (χ0n) is 17.0. The van der Waals surface area contributed by atoms with Gasteiger partial charge >= 0.3 is 6.18 Å². The number of halogens is 3. The van der Waals surface area contributed by atoms with Crippen LogP contribution in [0.15, 0.2) is 34.8 Å². The highest BCUT2D eigenvalue weighted by Gasteiger charge is 2.33. The first-order valence-electron chi connectivity index (χ1n) is 9.54. The molecule has 1 N–H and O–H groups in total. The maximum Gasteiger partial charge on any atom is 0.416 e. The summed E-state index contributed by atoms with van der Waals surface area (Å²) in [4.78, 5) is 28.3. The SMILES string of the molecule is Cc1nnc(C2CN(C)CCN2C(=O)CNC(=O)/C=C/c2ccc(C(F)(F)F)cc2)o1. The Labute approximate surface area is 176 Å².